The zero-order valence-electron chi connectivity index (χ0n) is 22.1. The maximum atomic E-state index is 11.8. The van der Waals surface area contributed by atoms with Crippen LogP contribution in [0.15, 0.2) is 0 Å². The second-order valence-corrected chi connectivity index (χ2v) is 12.2. The molecular weight excluding hydrogens is 416 g/mol. The highest BCUT2D eigenvalue weighted by Gasteiger charge is 2.66. The lowest BCUT2D eigenvalue weighted by molar-refractivity contribution is -0.218. The molecular formula is C28H48O5. The molecule has 4 aliphatic carbocycles. The first-order chi connectivity index (χ1) is 15.7. The normalized spacial score (nSPS) is 47.8. The number of hydrogen-bond acceptors (Lipinski definition) is 5. The van der Waals surface area contributed by atoms with Crippen LogP contribution in [0, 0.1) is 46.3 Å². The monoisotopic (exact) mass is 464 g/mol. The van der Waals surface area contributed by atoms with Crippen LogP contribution in [0.2, 0.25) is 0 Å². The lowest BCUT2D eigenvalue weighted by Gasteiger charge is -2.64. The molecule has 4 aliphatic rings. The molecule has 5 heteroatoms. The molecule has 0 aromatic heterocycles. The Hall–Kier alpha value is -0.650. The molecule has 190 valence electrons. The van der Waals surface area contributed by atoms with E-state index >= 15 is 0 Å². The van der Waals surface area contributed by atoms with E-state index in [1.165, 1.54) is 45.6 Å². The quantitative estimate of drug-likeness (QED) is 0.466. The first-order valence-electron chi connectivity index (χ1n) is 13.4. The summed E-state index contributed by atoms with van der Waals surface area (Å²) in [7, 11) is 7.23. The van der Waals surface area contributed by atoms with Crippen LogP contribution in [0.4, 0.5) is 0 Å². The number of fused-ring (bicyclic) bond motifs is 5. The Morgan fingerprint density at radius 3 is 2.33 bits per heavy atom. The Labute approximate surface area is 201 Å². The van der Waals surface area contributed by atoms with Crippen LogP contribution < -0.4 is 0 Å². The summed E-state index contributed by atoms with van der Waals surface area (Å²) in [5, 5.41) is 0. The summed E-state index contributed by atoms with van der Waals surface area (Å²) in [6, 6.07) is 0. The number of methoxy groups -OCH3 is 4. The van der Waals surface area contributed by atoms with Gasteiger partial charge in [0.15, 0.2) is 0 Å². The van der Waals surface area contributed by atoms with E-state index < -0.39 is 0 Å². The molecule has 0 aliphatic heterocycles. The van der Waals surface area contributed by atoms with Crippen molar-refractivity contribution < 1.29 is 23.7 Å². The van der Waals surface area contributed by atoms with Crippen molar-refractivity contribution in [2.45, 2.75) is 96.9 Å². The van der Waals surface area contributed by atoms with Gasteiger partial charge in [-0.3, -0.25) is 4.79 Å². The Kier molecular flexibility index (Phi) is 7.54. The Morgan fingerprint density at radius 1 is 0.939 bits per heavy atom. The third kappa shape index (κ3) is 4.08. The van der Waals surface area contributed by atoms with Crippen molar-refractivity contribution in [2.75, 3.05) is 28.4 Å². The van der Waals surface area contributed by atoms with Gasteiger partial charge in [-0.1, -0.05) is 20.8 Å². The fraction of sp³-hybridized carbons (Fsp3) is 0.964. The Balaban J connectivity index is 1.63. The predicted molar refractivity (Wildman–Crippen MR) is 129 cm³/mol. The fourth-order valence-electron chi connectivity index (χ4n) is 9.53. The zero-order chi connectivity index (χ0) is 24.0. The highest BCUT2D eigenvalue weighted by molar-refractivity contribution is 5.69. The fourth-order valence-corrected chi connectivity index (χ4v) is 9.53. The summed E-state index contributed by atoms with van der Waals surface area (Å²) in [6.45, 7) is 7.43. The summed E-state index contributed by atoms with van der Waals surface area (Å²) < 4.78 is 23.4. The molecule has 11 atom stereocenters. The topological polar surface area (TPSA) is 54.0 Å². The maximum Gasteiger partial charge on any atom is 0.305 e. The zero-order valence-corrected chi connectivity index (χ0v) is 22.1. The molecule has 0 saturated heterocycles. The molecule has 33 heavy (non-hydrogen) atoms. The molecule has 0 spiro atoms. The highest BCUT2D eigenvalue weighted by atomic mass is 16.5. The van der Waals surface area contributed by atoms with Crippen LogP contribution in [0.25, 0.3) is 0 Å². The van der Waals surface area contributed by atoms with Crippen molar-refractivity contribution in [3.8, 4) is 0 Å². The molecule has 4 rings (SSSR count). The number of carbonyl (C=O) groups excluding carboxylic acids is 1. The van der Waals surface area contributed by atoms with Crippen molar-refractivity contribution in [3.05, 3.63) is 0 Å². The molecule has 0 heterocycles. The standard InChI is InChI=1S/C28H48O5/c1-17(8-11-25(29)33-7)20-9-10-21-26-22(16-24(32-6)28(20,21)3)27(2)13-12-19(30-4)14-18(27)15-23(26)31-5/h17-24,26H,8-16H2,1-7H3/t17-,18+,19-,20-,21+,22+,23-,24+,26+,27+,28-/m1/s1. The van der Waals surface area contributed by atoms with Gasteiger partial charge in [-0.25, -0.2) is 0 Å². The van der Waals surface area contributed by atoms with Gasteiger partial charge < -0.3 is 18.9 Å². The van der Waals surface area contributed by atoms with Gasteiger partial charge in [-0.15, -0.1) is 0 Å². The summed E-state index contributed by atoms with van der Waals surface area (Å²) >= 11 is 0. The lowest BCUT2D eigenvalue weighted by atomic mass is 9.43. The third-order valence-electron chi connectivity index (χ3n) is 11.4. The van der Waals surface area contributed by atoms with Crippen LogP contribution in [0.1, 0.15) is 78.6 Å². The van der Waals surface area contributed by atoms with Gasteiger partial charge in [0.2, 0.25) is 0 Å². The molecule has 0 unspecified atom stereocenters. The minimum Gasteiger partial charge on any atom is -0.469 e. The number of rotatable bonds is 7. The van der Waals surface area contributed by atoms with E-state index in [0.717, 1.165) is 12.8 Å². The summed E-state index contributed by atoms with van der Waals surface area (Å²) in [4.78, 5) is 11.8. The van der Waals surface area contributed by atoms with Gasteiger partial charge in [0.1, 0.15) is 0 Å². The number of ether oxygens (including phenoxy) is 4. The molecule has 0 bridgehead atoms. The number of esters is 1. The largest absolute Gasteiger partial charge is 0.469 e. The van der Waals surface area contributed by atoms with Crippen LogP contribution in [0.5, 0.6) is 0 Å². The molecule has 4 fully saturated rings. The summed E-state index contributed by atoms with van der Waals surface area (Å²) in [6.07, 6.45) is 10.8. The SMILES string of the molecule is COC(=O)CC[C@@H](C)[C@H]1CC[C@H]2[C@@H]3[C@H](OC)C[C@@H]4C[C@H](OC)CC[C@]4(C)[C@H]3C[C@H](OC)[C@]12C. The van der Waals surface area contributed by atoms with Crippen molar-refractivity contribution in [1.29, 1.82) is 0 Å². The van der Waals surface area contributed by atoms with E-state index in [1.54, 1.807) is 0 Å². The molecule has 0 N–H and O–H groups in total. The second-order valence-electron chi connectivity index (χ2n) is 12.2. The molecule has 4 saturated carbocycles. The predicted octanol–water partition coefficient (Wildman–Crippen LogP) is 5.50. The van der Waals surface area contributed by atoms with Crippen molar-refractivity contribution in [2.24, 2.45) is 46.3 Å². The van der Waals surface area contributed by atoms with Crippen LogP contribution in [-0.2, 0) is 23.7 Å². The Morgan fingerprint density at radius 2 is 1.70 bits per heavy atom. The van der Waals surface area contributed by atoms with Crippen LogP contribution >= 0.6 is 0 Å². The summed E-state index contributed by atoms with van der Waals surface area (Å²) in [5.41, 5.74) is 0.483. The summed E-state index contributed by atoms with van der Waals surface area (Å²) in [5.74, 6) is 3.50. The van der Waals surface area contributed by atoms with Gasteiger partial charge in [-0.2, -0.15) is 0 Å². The van der Waals surface area contributed by atoms with Gasteiger partial charge in [-0.05, 0) is 92.3 Å². The third-order valence-corrected chi connectivity index (χ3v) is 11.4. The van der Waals surface area contributed by atoms with Crippen molar-refractivity contribution >= 4 is 5.97 Å². The first-order valence-corrected chi connectivity index (χ1v) is 13.4. The average molecular weight is 465 g/mol. The van der Waals surface area contributed by atoms with E-state index in [1.807, 2.05) is 21.3 Å². The van der Waals surface area contributed by atoms with Crippen molar-refractivity contribution in [3.63, 3.8) is 0 Å². The van der Waals surface area contributed by atoms with E-state index in [-0.39, 0.29) is 17.5 Å². The maximum absolute atomic E-state index is 11.8. The molecule has 0 aromatic rings. The molecule has 0 radical (unpaired) electrons. The highest BCUT2D eigenvalue weighted by Crippen LogP contribution is 2.69. The van der Waals surface area contributed by atoms with E-state index in [0.29, 0.717) is 59.6 Å². The van der Waals surface area contributed by atoms with Crippen molar-refractivity contribution in [1.82, 2.24) is 0 Å². The number of carbonyl (C=O) groups is 1. The Bertz CT molecular complexity index is 696. The van der Waals surface area contributed by atoms with E-state index in [9.17, 15) is 4.79 Å². The molecule has 0 aromatic carbocycles. The average Bonchev–Trinajstić information content (AvgIpc) is 3.18. The van der Waals surface area contributed by atoms with E-state index in [2.05, 4.69) is 20.8 Å². The van der Waals surface area contributed by atoms with Gasteiger partial charge >= 0.3 is 5.97 Å². The minimum atomic E-state index is -0.0918. The van der Waals surface area contributed by atoms with E-state index in [4.69, 9.17) is 18.9 Å². The minimum absolute atomic E-state index is 0.0918. The van der Waals surface area contributed by atoms with Gasteiger partial charge in [0, 0.05) is 33.2 Å². The number of hydrogen-bond donors (Lipinski definition) is 0. The van der Waals surface area contributed by atoms with Crippen LogP contribution in [0.3, 0.4) is 0 Å². The van der Waals surface area contributed by atoms with Gasteiger partial charge in [0.25, 0.3) is 0 Å². The van der Waals surface area contributed by atoms with Gasteiger partial charge in [0.05, 0.1) is 25.4 Å². The lowest BCUT2D eigenvalue weighted by Crippen LogP contribution is -2.63. The smallest absolute Gasteiger partial charge is 0.305 e. The molecule has 0 amide bonds. The first kappa shape index (κ1) is 25.4. The second kappa shape index (κ2) is 9.78. The molecule has 5 nitrogen and oxygen atoms in total. The van der Waals surface area contributed by atoms with Crippen LogP contribution in [-0.4, -0.2) is 52.7 Å².